The maximum absolute atomic E-state index is 13.0. The van der Waals surface area contributed by atoms with Gasteiger partial charge in [0.1, 0.15) is 15.7 Å². The summed E-state index contributed by atoms with van der Waals surface area (Å²) in [6.45, 7) is 0.628. The maximum Gasteiger partial charge on any atom is 0.286 e. The Morgan fingerprint density at radius 3 is 2.65 bits per heavy atom. The van der Waals surface area contributed by atoms with Crippen LogP contribution in [-0.2, 0) is 10.0 Å². The molecule has 0 radical (unpaired) electrons. The molecule has 4 rings (SSSR count). The Hall–Kier alpha value is -2.40. The molecular formula is C20H18ClFN4O3S2. The van der Waals surface area contributed by atoms with Gasteiger partial charge in [0.05, 0.1) is 5.02 Å². The van der Waals surface area contributed by atoms with Crippen molar-refractivity contribution in [3.05, 3.63) is 69.4 Å². The molecule has 2 heterocycles. The lowest BCUT2D eigenvalue weighted by Gasteiger charge is -2.30. The number of hydrogen-bond acceptors (Lipinski definition) is 6. The zero-order valence-corrected chi connectivity index (χ0v) is 18.6. The summed E-state index contributed by atoms with van der Waals surface area (Å²) < 4.78 is 40.5. The fraction of sp³-hybridized carbons (Fsp3) is 0.250. The minimum atomic E-state index is -3.74. The topological polar surface area (TPSA) is 92.3 Å². The van der Waals surface area contributed by atoms with Crippen LogP contribution in [-0.4, -0.2) is 41.9 Å². The Balaban J connectivity index is 1.48. The quantitative estimate of drug-likeness (QED) is 0.592. The van der Waals surface area contributed by atoms with Gasteiger partial charge in [-0.05, 0) is 49.2 Å². The SMILES string of the molecule is O=C(Nc1ccc(F)cc1)c1nnc(C2CCCN(S(=O)(=O)c3ccccc3Cl)C2)s1. The van der Waals surface area contributed by atoms with Gasteiger partial charge in [0.25, 0.3) is 5.91 Å². The fourth-order valence-electron chi connectivity index (χ4n) is 3.36. The van der Waals surface area contributed by atoms with E-state index in [0.29, 0.717) is 23.7 Å². The summed E-state index contributed by atoms with van der Waals surface area (Å²) in [6.07, 6.45) is 1.40. The highest BCUT2D eigenvalue weighted by Crippen LogP contribution is 2.33. The summed E-state index contributed by atoms with van der Waals surface area (Å²) >= 11 is 7.23. The van der Waals surface area contributed by atoms with Crippen molar-refractivity contribution < 1.29 is 17.6 Å². The molecule has 1 N–H and O–H groups in total. The van der Waals surface area contributed by atoms with Crippen LogP contribution >= 0.6 is 22.9 Å². The molecule has 1 atom stereocenters. The second-order valence-electron chi connectivity index (χ2n) is 7.04. The standard InChI is InChI=1S/C20H18ClFN4O3S2/c21-16-5-1-2-6-17(16)31(28,29)26-11-3-4-13(12-26)19-24-25-20(30-19)18(27)23-15-9-7-14(22)8-10-15/h1-2,5-10,13H,3-4,11-12H2,(H,23,27). The first-order chi connectivity index (χ1) is 14.8. The first-order valence-electron chi connectivity index (χ1n) is 9.49. The lowest BCUT2D eigenvalue weighted by molar-refractivity contribution is 0.102. The Morgan fingerprint density at radius 2 is 1.90 bits per heavy atom. The molecule has 1 unspecified atom stereocenters. The number of sulfonamides is 1. The van der Waals surface area contributed by atoms with Gasteiger partial charge >= 0.3 is 0 Å². The van der Waals surface area contributed by atoms with Gasteiger partial charge < -0.3 is 5.32 Å². The summed E-state index contributed by atoms with van der Waals surface area (Å²) in [5, 5.41) is 11.7. The number of halogens is 2. The van der Waals surface area contributed by atoms with Crippen molar-refractivity contribution in [1.82, 2.24) is 14.5 Å². The fourth-order valence-corrected chi connectivity index (χ4v) is 6.25. The molecule has 1 saturated heterocycles. The first-order valence-corrected chi connectivity index (χ1v) is 12.1. The molecule has 1 aliphatic rings. The van der Waals surface area contributed by atoms with Gasteiger partial charge in [-0.3, -0.25) is 4.79 Å². The summed E-state index contributed by atoms with van der Waals surface area (Å²) in [5.74, 6) is -1.02. The molecule has 11 heteroatoms. The van der Waals surface area contributed by atoms with Crippen LogP contribution in [0.5, 0.6) is 0 Å². The highest BCUT2D eigenvalue weighted by atomic mass is 35.5. The minimum absolute atomic E-state index is 0.0777. The zero-order valence-electron chi connectivity index (χ0n) is 16.2. The molecule has 0 spiro atoms. The Bertz CT molecular complexity index is 1200. The largest absolute Gasteiger partial charge is 0.320 e. The van der Waals surface area contributed by atoms with E-state index in [1.807, 2.05) is 0 Å². The van der Waals surface area contributed by atoms with E-state index < -0.39 is 21.7 Å². The van der Waals surface area contributed by atoms with Crippen molar-refractivity contribution in [2.75, 3.05) is 18.4 Å². The van der Waals surface area contributed by atoms with Gasteiger partial charge in [0.2, 0.25) is 15.0 Å². The number of anilines is 1. The lowest BCUT2D eigenvalue weighted by Crippen LogP contribution is -2.39. The van der Waals surface area contributed by atoms with Crippen LogP contribution < -0.4 is 5.32 Å². The van der Waals surface area contributed by atoms with E-state index >= 15 is 0 Å². The summed E-state index contributed by atoms with van der Waals surface area (Å²) in [5.41, 5.74) is 0.442. The third-order valence-electron chi connectivity index (χ3n) is 4.92. The number of amides is 1. The molecule has 1 aliphatic heterocycles. The van der Waals surface area contributed by atoms with E-state index in [9.17, 15) is 17.6 Å². The van der Waals surface area contributed by atoms with Crippen LogP contribution in [0, 0.1) is 5.82 Å². The van der Waals surface area contributed by atoms with Gasteiger partial charge in [0.15, 0.2) is 0 Å². The highest BCUT2D eigenvalue weighted by molar-refractivity contribution is 7.89. The van der Waals surface area contributed by atoms with E-state index in [1.54, 1.807) is 18.2 Å². The summed E-state index contributed by atoms with van der Waals surface area (Å²) in [6, 6.07) is 11.8. The van der Waals surface area contributed by atoms with Gasteiger partial charge in [-0.25, -0.2) is 12.8 Å². The van der Waals surface area contributed by atoms with Crippen molar-refractivity contribution in [1.29, 1.82) is 0 Å². The summed E-state index contributed by atoms with van der Waals surface area (Å²) in [7, 11) is -3.74. The van der Waals surface area contributed by atoms with E-state index in [2.05, 4.69) is 15.5 Å². The highest BCUT2D eigenvalue weighted by Gasteiger charge is 2.33. The monoisotopic (exact) mass is 480 g/mol. The van der Waals surface area contributed by atoms with Crippen LogP contribution in [0.4, 0.5) is 10.1 Å². The molecule has 3 aromatic rings. The Kier molecular flexibility index (Phi) is 6.33. The number of hydrogen-bond donors (Lipinski definition) is 1. The minimum Gasteiger partial charge on any atom is -0.320 e. The molecule has 162 valence electrons. The molecule has 31 heavy (non-hydrogen) atoms. The van der Waals surface area contributed by atoms with Crippen LogP contribution in [0.15, 0.2) is 53.4 Å². The molecule has 7 nitrogen and oxygen atoms in total. The number of benzene rings is 2. The average Bonchev–Trinajstić information content (AvgIpc) is 3.26. The number of carbonyl (C=O) groups excluding carboxylic acids is 1. The van der Waals surface area contributed by atoms with E-state index in [0.717, 1.165) is 17.8 Å². The summed E-state index contributed by atoms with van der Waals surface area (Å²) in [4.78, 5) is 12.5. The van der Waals surface area contributed by atoms with Crippen LogP contribution in [0.3, 0.4) is 0 Å². The van der Waals surface area contributed by atoms with Crippen molar-refractivity contribution >= 4 is 44.6 Å². The van der Waals surface area contributed by atoms with Crippen molar-refractivity contribution in [3.63, 3.8) is 0 Å². The van der Waals surface area contributed by atoms with Crippen LogP contribution in [0.2, 0.25) is 5.02 Å². The van der Waals surface area contributed by atoms with Gasteiger partial charge in [-0.1, -0.05) is 35.1 Å². The molecule has 0 bridgehead atoms. The number of rotatable bonds is 5. The third-order valence-corrected chi connectivity index (χ3v) is 8.37. The normalized spacial score (nSPS) is 17.4. The molecule has 2 aromatic carbocycles. The molecule has 0 aliphatic carbocycles. The number of nitrogens with zero attached hydrogens (tertiary/aromatic N) is 3. The van der Waals surface area contributed by atoms with Gasteiger partial charge in [-0.2, -0.15) is 4.31 Å². The average molecular weight is 481 g/mol. The van der Waals surface area contributed by atoms with E-state index in [4.69, 9.17) is 11.6 Å². The second-order valence-corrected chi connectivity index (χ2v) is 10.4. The molecule has 1 fully saturated rings. The van der Waals surface area contributed by atoms with Crippen LogP contribution in [0.1, 0.15) is 33.6 Å². The Morgan fingerprint density at radius 1 is 1.16 bits per heavy atom. The molecule has 1 aromatic heterocycles. The van der Waals surface area contributed by atoms with Crippen molar-refractivity contribution in [2.45, 2.75) is 23.7 Å². The van der Waals surface area contributed by atoms with Gasteiger partial charge in [0, 0.05) is 24.7 Å². The molecule has 0 saturated carbocycles. The predicted molar refractivity (Wildman–Crippen MR) is 116 cm³/mol. The maximum atomic E-state index is 13.0. The van der Waals surface area contributed by atoms with E-state index in [-0.39, 0.29) is 27.4 Å². The van der Waals surface area contributed by atoms with E-state index in [1.165, 1.54) is 34.6 Å². The number of aromatic nitrogens is 2. The molecule has 1 amide bonds. The second kappa shape index (κ2) is 8.99. The van der Waals surface area contributed by atoms with Crippen LogP contribution in [0.25, 0.3) is 0 Å². The first kappa shape index (κ1) is 21.8. The predicted octanol–water partition coefficient (Wildman–Crippen LogP) is 4.15. The third kappa shape index (κ3) is 4.77. The zero-order chi connectivity index (χ0) is 22.0. The smallest absolute Gasteiger partial charge is 0.286 e. The van der Waals surface area contributed by atoms with Crippen molar-refractivity contribution in [2.24, 2.45) is 0 Å². The number of piperidine rings is 1. The number of carbonyl (C=O) groups is 1. The lowest BCUT2D eigenvalue weighted by atomic mass is 10.0. The Labute approximate surface area is 187 Å². The van der Waals surface area contributed by atoms with Gasteiger partial charge in [-0.15, -0.1) is 10.2 Å². The molecular weight excluding hydrogens is 463 g/mol. The number of nitrogens with one attached hydrogen (secondary N) is 1. The van der Waals surface area contributed by atoms with Crippen molar-refractivity contribution in [3.8, 4) is 0 Å².